The first-order valence-corrected chi connectivity index (χ1v) is 8.08. The number of aromatic nitrogens is 1. The van der Waals surface area contributed by atoms with Crippen LogP contribution in [-0.2, 0) is 6.18 Å². The van der Waals surface area contributed by atoms with E-state index in [1.807, 2.05) is 26.0 Å². The van der Waals surface area contributed by atoms with Crippen molar-refractivity contribution in [3.63, 3.8) is 0 Å². The highest BCUT2D eigenvalue weighted by molar-refractivity contribution is 5.99. The van der Waals surface area contributed by atoms with Crippen molar-refractivity contribution in [2.24, 2.45) is 0 Å². The SMILES string of the molecule is Cc1cc(C)c2cc(C(=O)NNc3ccc(C(F)(F)F)cc3[N+](=O)[O-])[nH]c2c1. The van der Waals surface area contributed by atoms with Crippen molar-refractivity contribution in [3.8, 4) is 0 Å². The third-order valence-electron chi connectivity index (χ3n) is 4.17. The lowest BCUT2D eigenvalue weighted by atomic mass is 10.1. The zero-order valence-corrected chi connectivity index (χ0v) is 14.8. The van der Waals surface area contributed by atoms with Crippen molar-refractivity contribution in [1.29, 1.82) is 0 Å². The van der Waals surface area contributed by atoms with E-state index in [9.17, 15) is 28.1 Å². The first-order chi connectivity index (χ1) is 13.1. The molecule has 0 radical (unpaired) electrons. The number of halogens is 3. The lowest BCUT2D eigenvalue weighted by Gasteiger charge is -2.11. The van der Waals surface area contributed by atoms with Gasteiger partial charge in [-0.1, -0.05) is 6.07 Å². The highest BCUT2D eigenvalue weighted by Crippen LogP contribution is 2.34. The molecule has 0 aliphatic heterocycles. The summed E-state index contributed by atoms with van der Waals surface area (Å²) < 4.78 is 38.2. The molecule has 28 heavy (non-hydrogen) atoms. The number of nitro groups is 1. The number of nitrogens with zero attached hydrogens (tertiary/aromatic N) is 1. The van der Waals surface area contributed by atoms with E-state index in [4.69, 9.17) is 0 Å². The first-order valence-electron chi connectivity index (χ1n) is 8.08. The second-order valence-corrected chi connectivity index (χ2v) is 6.29. The number of hydrazine groups is 1. The molecule has 1 aromatic heterocycles. The molecular formula is C18H15F3N4O3. The molecule has 1 heterocycles. The molecule has 3 N–H and O–H groups in total. The van der Waals surface area contributed by atoms with Gasteiger partial charge >= 0.3 is 6.18 Å². The third kappa shape index (κ3) is 3.75. The van der Waals surface area contributed by atoms with E-state index in [1.54, 1.807) is 6.07 Å². The lowest BCUT2D eigenvalue weighted by Crippen LogP contribution is -2.30. The summed E-state index contributed by atoms with van der Waals surface area (Å²) in [5, 5.41) is 11.9. The Morgan fingerprint density at radius 1 is 1.14 bits per heavy atom. The third-order valence-corrected chi connectivity index (χ3v) is 4.17. The quantitative estimate of drug-likeness (QED) is 0.451. The van der Waals surface area contributed by atoms with Crippen molar-refractivity contribution in [2.75, 3.05) is 5.43 Å². The molecule has 0 atom stereocenters. The van der Waals surface area contributed by atoms with Gasteiger partial charge in [0.05, 0.1) is 10.5 Å². The average molecular weight is 392 g/mol. The van der Waals surface area contributed by atoms with Crippen molar-refractivity contribution in [2.45, 2.75) is 20.0 Å². The van der Waals surface area contributed by atoms with Crippen LogP contribution in [0.15, 0.2) is 36.4 Å². The summed E-state index contributed by atoms with van der Waals surface area (Å²) in [6, 6.07) is 7.44. The Labute approximate surface area is 156 Å². The van der Waals surface area contributed by atoms with Crippen LogP contribution < -0.4 is 10.9 Å². The summed E-state index contributed by atoms with van der Waals surface area (Å²) in [6.07, 6.45) is -4.72. The number of hydrogen-bond acceptors (Lipinski definition) is 4. The number of aromatic amines is 1. The number of carbonyl (C=O) groups is 1. The average Bonchev–Trinajstić information content (AvgIpc) is 3.03. The normalized spacial score (nSPS) is 11.5. The minimum absolute atomic E-state index is 0.200. The fourth-order valence-corrected chi connectivity index (χ4v) is 2.88. The maximum atomic E-state index is 12.7. The van der Waals surface area contributed by atoms with Gasteiger partial charge in [0, 0.05) is 17.0 Å². The predicted octanol–water partition coefficient (Wildman–Crippen LogP) is 4.47. The molecule has 2 aromatic carbocycles. The Balaban J connectivity index is 1.83. The van der Waals surface area contributed by atoms with Gasteiger partial charge in [0.2, 0.25) is 0 Å². The van der Waals surface area contributed by atoms with Crippen LogP contribution >= 0.6 is 0 Å². The summed E-state index contributed by atoms with van der Waals surface area (Å²) in [7, 11) is 0. The molecule has 7 nitrogen and oxygen atoms in total. The van der Waals surface area contributed by atoms with Gasteiger partial charge in [0.25, 0.3) is 11.6 Å². The number of nitro benzene ring substituents is 1. The van der Waals surface area contributed by atoms with E-state index >= 15 is 0 Å². The Bertz CT molecular complexity index is 1090. The van der Waals surface area contributed by atoms with E-state index in [2.05, 4.69) is 15.8 Å². The molecule has 0 bridgehead atoms. The number of hydrogen-bond donors (Lipinski definition) is 3. The molecule has 3 aromatic rings. The Kier molecular flexibility index (Phi) is 4.72. The van der Waals surface area contributed by atoms with Gasteiger partial charge < -0.3 is 4.98 Å². The number of H-pyrrole nitrogens is 1. The second-order valence-electron chi connectivity index (χ2n) is 6.29. The molecule has 0 saturated carbocycles. The summed E-state index contributed by atoms with van der Waals surface area (Å²) in [5.74, 6) is -0.623. The van der Waals surface area contributed by atoms with E-state index in [-0.39, 0.29) is 11.4 Å². The van der Waals surface area contributed by atoms with Crippen molar-refractivity contribution in [3.05, 3.63) is 68.9 Å². The Morgan fingerprint density at radius 2 is 1.86 bits per heavy atom. The van der Waals surface area contributed by atoms with Crippen molar-refractivity contribution >= 4 is 28.2 Å². The van der Waals surface area contributed by atoms with E-state index in [0.29, 0.717) is 12.1 Å². The molecule has 0 spiro atoms. The van der Waals surface area contributed by atoms with Crippen LogP contribution in [0.25, 0.3) is 10.9 Å². The van der Waals surface area contributed by atoms with Crippen molar-refractivity contribution < 1.29 is 22.9 Å². The standard InChI is InChI=1S/C18H15F3N4O3/c1-9-5-10(2)12-8-15(22-14(12)6-9)17(26)24-23-13-4-3-11(18(19,20)21)7-16(13)25(27)28/h3-8,22-23H,1-2H3,(H,24,26). The number of fused-ring (bicyclic) bond motifs is 1. The monoisotopic (exact) mass is 392 g/mol. The molecule has 10 heteroatoms. The minimum Gasteiger partial charge on any atom is -0.350 e. The lowest BCUT2D eigenvalue weighted by molar-refractivity contribution is -0.384. The summed E-state index contributed by atoms with van der Waals surface area (Å²) in [5.41, 5.74) is 5.27. The number of amides is 1. The fourth-order valence-electron chi connectivity index (χ4n) is 2.88. The zero-order valence-electron chi connectivity index (χ0n) is 14.8. The predicted molar refractivity (Wildman–Crippen MR) is 97.0 cm³/mol. The summed E-state index contributed by atoms with van der Waals surface area (Å²) in [4.78, 5) is 25.4. The number of benzene rings is 2. The zero-order chi connectivity index (χ0) is 20.6. The van der Waals surface area contributed by atoms with Gasteiger partial charge in [-0.2, -0.15) is 13.2 Å². The van der Waals surface area contributed by atoms with Gasteiger partial charge in [-0.05, 0) is 49.2 Å². The van der Waals surface area contributed by atoms with Crippen LogP contribution in [0.1, 0.15) is 27.2 Å². The van der Waals surface area contributed by atoms with Gasteiger partial charge in [0.15, 0.2) is 0 Å². The highest BCUT2D eigenvalue weighted by atomic mass is 19.4. The minimum atomic E-state index is -4.72. The highest BCUT2D eigenvalue weighted by Gasteiger charge is 2.33. The summed E-state index contributed by atoms with van der Waals surface area (Å²) >= 11 is 0. The number of alkyl halides is 3. The van der Waals surface area contributed by atoms with Crippen LogP contribution in [0.4, 0.5) is 24.5 Å². The fraction of sp³-hybridized carbons (Fsp3) is 0.167. The van der Waals surface area contributed by atoms with Crippen LogP contribution in [0.3, 0.4) is 0 Å². The second kappa shape index (κ2) is 6.87. The molecule has 0 fully saturated rings. The topological polar surface area (TPSA) is 100 Å². The maximum absolute atomic E-state index is 12.7. The molecule has 146 valence electrons. The molecule has 0 aliphatic carbocycles. The van der Waals surface area contributed by atoms with Gasteiger partial charge in [-0.25, -0.2) is 0 Å². The number of rotatable bonds is 4. The van der Waals surface area contributed by atoms with E-state index in [0.717, 1.165) is 28.1 Å². The number of aryl methyl sites for hydroxylation is 2. The number of anilines is 1. The number of nitrogens with one attached hydrogen (secondary N) is 3. The van der Waals surface area contributed by atoms with Gasteiger partial charge in [-0.15, -0.1) is 0 Å². The van der Waals surface area contributed by atoms with Crippen LogP contribution in [-0.4, -0.2) is 15.8 Å². The van der Waals surface area contributed by atoms with Crippen LogP contribution in [0, 0.1) is 24.0 Å². The van der Waals surface area contributed by atoms with Crippen LogP contribution in [0.5, 0.6) is 0 Å². The van der Waals surface area contributed by atoms with E-state index in [1.165, 1.54) is 0 Å². The Hall–Kier alpha value is -3.56. The van der Waals surface area contributed by atoms with Gasteiger partial charge in [-0.3, -0.25) is 25.8 Å². The molecular weight excluding hydrogens is 377 g/mol. The molecule has 3 rings (SSSR count). The van der Waals surface area contributed by atoms with Crippen molar-refractivity contribution in [1.82, 2.24) is 10.4 Å². The molecule has 0 saturated heterocycles. The van der Waals surface area contributed by atoms with Gasteiger partial charge in [0.1, 0.15) is 11.4 Å². The largest absolute Gasteiger partial charge is 0.416 e. The summed E-state index contributed by atoms with van der Waals surface area (Å²) in [6.45, 7) is 3.81. The van der Waals surface area contributed by atoms with E-state index < -0.39 is 28.3 Å². The smallest absolute Gasteiger partial charge is 0.350 e. The van der Waals surface area contributed by atoms with Crippen LogP contribution in [0.2, 0.25) is 0 Å². The first kappa shape index (κ1) is 19.2. The molecule has 1 amide bonds. The number of carbonyl (C=O) groups excluding carboxylic acids is 1. The maximum Gasteiger partial charge on any atom is 0.416 e. The Morgan fingerprint density at radius 3 is 2.50 bits per heavy atom. The molecule has 0 unspecified atom stereocenters. The molecule has 0 aliphatic rings.